The minimum atomic E-state index is -0.491. The molecule has 0 bridgehead atoms. The zero-order valence-electron chi connectivity index (χ0n) is 12.1. The molecule has 1 amide bonds. The fourth-order valence-corrected chi connectivity index (χ4v) is 2.62. The van der Waals surface area contributed by atoms with Crippen LogP contribution in [0, 0.1) is 0 Å². The number of hydrogen-bond acceptors (Lipinski definition) is 5. The Morgan fingerprint density at radius 3 is 2.47 bits per heavy atom. The summed E-state index contributed by atoms with van der Waals surface area (Å²) in [4.78, 5) is 15.9. The topological polar surface area (TPSA) is 65.0 Å². The Kier molecular flexibility index (Phi) is 4.32. The average Bonchev–Trinajstić information content (AvgIpc) is 2.70. The van der Waals surface area contributed by atoms with Crippen molar-refractivity contribution in [3.63, 3.8) is 0 Å². The molecule has 0 aromatic heterocycles. The monoisotopic (exact) mass is 271 g/mol. The van der Waals surface area contributed by atoms with Gasteiger partial charge in [-0.3, -0.25) is 4.90 Å². The van der Waals surface area contributed by atoms with Crippen LogP contribution in [-0.4, -0.2) is 78.0 Å². The molecular weight excluding hydrogens is 246 g/mol. The van der Waals surface area contributed by atoms with Gasteiger partial charge < -0.3 is 20.1 Å². The minimum absolute atomic E-state index is 0.0367. The Bertz CT molecular complexity index is 324. The number of carbonyl (C=O) groups excluding carboxylic acids is 1. The molecular formula is C13H25N3O3. The smallest absolute Gasteiger partial charge is 0.410 e. The van der Waals surface area contributed by atoms with Crippen molar-refractivity contribution in [2.24, 2.45) is 0 Å². The van der Waals surface area contributed by atoms with Gasteiger partial charge in [-0.2, -0.15) is 0 Å². The van der Waals surface area contributed by atoms with E-state index in [1.165, 1.54) is 0 Å². The molecule has 0 radical (unpaired) electrons. The molecule has 2 rings (SSSR count). The molecule has 110 valence electrons. The number of nitrogens with one attached hydrogen (secondary N) is 1. The molecule has 2 fully saturated rings. The van der Waals surface area contributed by atoms with Crippen molar-refractivity contribution in [2.45, 2.75) is 38.5 Å². The number of ether oxygens (including phenoxy) is 1. The van der Waals surface area contributed by atoms with Gasteiger partial charge >= 0.3 is 6.09 Å². The first-order valence-corrected chi connectivity index (χ1v) is 6.97. The lowest BCUT2D eigenvalue weighted by molar-refractivity contribution is 0.0269. The molecule has 2 heterocycles. The number of nitrogens with zero attached hydrogens (tertiary/aromatic N) is 2. The van der Waals surface area contributed by atoms with Crippen LogP contribution in [0.4, 0.5) is 4.79 Å². The standard InChI is InChI=1S/C13H25N3O3/c1-13(2,3)19-12(18)16-8-10(11(17)9-16)15-6-4-14-5-7-15/h10-11,14,17H,4-9H2,1-3H3/t10-,11+/m1/s1. The third kappa shape index (κ3) is 3.81. The molecule has 2 aliphatic heterocycles. The summed E-state index contributed by atoms with van der Waals surface area (Å²) in [5.74, 6) is 0. The van der Waals surface area contributed by atoms with Gasteiger partial charge in [-0.15, -0.1) is 0 Å². The molecule has 6 heteroatoms. The maximum absolute atomic E-state index is 12.0. The highest BCUT2D eigenvalue weighted by Crippen LogP contribution is 2.19. The van der Waals surface area contributed by atoms with Crippen LogP contribution >= 0.6 is 0 Å². The van der Waals surface area contributed by atoms with Gasteiger partial charge in [-0.1, -0.05) is 0 Å². The van der Waals surface area contributed by atoms with Crippen molar-refractivity contribution < 1.29 is 14.6 Å². The SMILES string of the molecule is CC(C)(C)OC(=O)N1C[C@@H](N2CCNCC2)[C@@H](O)C1. The minimum Gasteiger partial charge on any atom is -0.444 e. The first kappa shape index (κ1) is 14.6. The van der Waals surface area contributed by atoms with Crippen LogP contribution < -0.4 is 5.32 Å². The van der Waals surface area contributed by atoms with Gasteiger partial charge in [0.05, 0.1) is 18.7 Å². The lowest BCUT2D eigenvalue weighted by Crippen LogP contribution is -2.52. The largest absolute Gasteiger partial charge is 0.444 e. The first-order chi connectivity index (χ1) is 8.87. The summed E-state index contributed by atoms with van der Waals surface area (Å²) in [6.45, 7) is 10.2. The zero-order chi connectivity index (χ0) is 14.0. The van der Waals surface area contributed by atoms with E-state index in [0.29, 0.717) is 13.1 Å². The van der Waals surface area contributed by atoms with E-state index in [4.69, 9.17) is 4.74 Å². The van der Waals surface area contributed by atoms with Crippen LogP contribution in [0.15, 0.2) is 0 Å². The summed E-state index contributed by atoms with van der Waals surface area (Å²) in [6.07, 6.45) is -0.810. The van der Waals surface area contributed by atoms with Gasteiger partial charge in [0.1, 0.15) is 5.60 Å². The molecule has 19 heavy (non-hydrogen) atoms. The van der Waals surface area contributed by atoms with Crippen molar-refractivity contribution in [1.82, 2.24) is 15.1 Å². The van der Waals surface area contributed by atoms with Crippen molar-refractivity contribution in [2.75, 3.05) is 39.3 Å². The molecule has 0 unspecified atom stereocenters. The molecule has 0 aromatic carbocycles. The van der Waals surface area contributed by atoms with E-state index in [-0.39, 0.29) is 12.1 Å². The second-order valence-electron chi connectivity index (χ2n) is 6.31. The Labute approximate surface area is 114 Å². The van der Waals surface area contributed by atoms with E-state index in [0.717, 1.165) is 26.2 Å². The molecule has 2 aliphatic rings. The second kappa shape index (κ2) is 5.64. The van der Waals surface area contributed by atoms with Gasteiger partial charge in [0.15, 0.2) is 0 Å². The first-order valence-electron chi connectivity index (χ1n) is 6.97. The lowest BCUT2D eigenvalue weighted by atomic mass is 10.1. The van der Waals surface area contributed by atoms with Gasteiger partial charge in [0.25, 0.3) is 0 Å². The van der Waals surface area contributed by atoms with E-state index in [1.54, 1.807) is 4.90 Å². The van der Waals surface area contributed by atoms with Crippen molar-refractivity contribution in [3.8, 4) is 0 Å². The third-order valence-corrected chi connectivity index (χ3v) is 3.53. The maximum atomic E-state index is 12.0. The Morgan fingerprint density at radius 1 is 1.26 bits per heavy atom. The third-order valence-electron chi connectivity index (χ3n) is 3.53. The van der Waals surface area contributed by atoms with Crippen LogP contribution in [0.1, 0.15) is 20.8 Å². The molecule has 2 saturated heterocycles. The molecule has 6 nitrogen and oxygen atoms in total. The molecule has 0 aliphatic carbocycles. The average molecular weight is 271 g/mol. The van der Waals surface area contributed by atoms with Gasteiger partial charge in [0.2, 0.25) is 0 Å². The lowest BCUT2D eigenvalue weighted by Gasteiger charge is -2.33. The number of aliphatic hydroxyl groups is 1. The predicted octanol–water partition coefficient (Wildman–Crippen LogP) is -0.128. The molecule has 0 aromatic rings. The van der Waals surface area contributed by atoms with Crippen LogP contribution in [0.3, 0.4) is 0 Å². The summed E-state index contributed by atoms with van der Waals surface area (Å²) in [5, 5.41) is 13.4. The number of rotatable bonds is 1. The van der Waals surface area contributed by atoms with Gasteiger partial charge in [-0.05, 0) is 20.8 Å². The Morgan fingerprint density at radius 2 is 1.89 bits per heavy atom. The predicted molar refractivity (Wildman–Crippen MR) is 72.0 cm³/mol. The highest BCUT2D eigenvalue weighted by Gasteiger charge is 2.39. The summed E-state index contributed by atoms with van der Waals surface area (Å²) in [5.41, 5.74) is -0.491. The Hall–Kier alpha value is -0.850. The van der Waals surface area contributed by atoms with Crippen molar-refractivity contribution in [3.05, 3.63) is 0 Å². The van der Waals surface area contributed by atoms with Crippen molar-refractivity contribution in [1.29, 1.82) is 0 Å². The number of aliphatic hydroxyl groups excluding tert-OH is 1. The quantitative estimate of drug-likeness (QED) is 0.695. The second-order valence-corrected chi connectivity index (χ2v) is 6.31. The van der Waals surface area contributed by atoms with Crippen LogP contribution in [0.2, 0.25) is 0 Å². The highest BCUT2D eigenvalue weighted by atomic mass is 16.6. The summed E-state index contributed by atoms with van der Waals surface area (Å²) >= 11 is 0. The van der Waals surface area contributed by atoms with Crippen LogP contribution in [0.5, 0.6) is 0 Å². The Balaban J connectivity index is 1.91. The van der Waals surface area contributed by atoms with E-state index >= 15 is 0 Å². The molecule has 0 saturated carbocycles. The summed E-state index contributed by atoms with van der Waals surface area (Å²) in [7, 11) is 0. The van der Waals surface area contributed by atoms with Crippen molar-refractivity contribution >= 4 is 6.09 Å². The van der Waals surface area contributed by atoms with Crippen LogP contribution in [-0.2, 0) is 4.74 Å². The zero-order valence-corrected chi connectivity index (χ0v) is 12.1. The maximum Gasteiger partial charge on any atom is 0.410 e. The van der Waals surface area contributed by atoms with Crippen LogP contribution in [0.25, 0.3) is 0 Å². The van der Waals surface area contributed by atoms with Gasteiger partial charge in [-0.25, -0.2) is 4.79 Å². The number of carbonyl (C=O) groups is 1. The fraction of sp³-hybridized carbons (Fsp3) is 0.923. The van der Waals surface area contributed by atoms with E-state index in [9.17, 15) is 9.90 Å². The molecule has 2 N–H and O–H groups in total. The molecule has 0 spiro atoms. The highest BCUT2D eigenvalue weighted by molar-refractivity contribution is 5.68. The number of likely N-dealkylation sites (tertiary alicyclic amines) is 1. The number of piperazine rings is 1. The normalized spacial score (nSPS) is 29.6. The summed E-state index contributed by atoms with van der Waals surface area (Å²) in [6, 6.07) is 0.0367. The fourth-order valence-electron chi connectivity index (χ4n) is 2.62. The van der Waals surface area contributed by atoms with Gasteiger partial charge in [0, 0.05) is 32.7 Å². The van der Waals surface area contributed by atoms with E-state index in [2.05, 4.69) is 10.2 Å². The summed E-state index contributed by atoms with van der Waals surface area (Å²) < 4.78 is 5.35. The van der Waals surface area contributed by atoms with E-state index < -0.39 is 11.7 Å². The number of β-amino-alcohol motifs (C(OH)–C–C–N with tert-alkyl or cyclic N) is 1. The number of amides is 1. The van der Waals surface area contributed by atoms with E-state index in [1.807, 2.05) is 20.8 Å². The number of hydrogen-bond donors (Lipinski definition) is 2. The molecule has 2 atom stereocenters.